The Labute approximate surface area is 134 Å². The molecule has 0 bridgehead atoms. The Morgan fingerprint density at radius 1 is 1.24 bits per heavy atom. The molecule has 0 spiro atoms. The highest BCUT2D eigenvalue weighted by Gasteiger charge is 2.32. The fraction of sp³-hybridized carbons (Fsp3) is 0.667. The molecule has 118 valence electrons. The fourth-order valence-corrected chi connectivity index (χ4v) is 4.14. The first kappa shape index (κ1) is 16.9. The molecule has 0 aromatic heterocycles. The van der Waals surface area contributed by atoms with E-state index in [0.29, 0.717) is 4.75 Å². The van der Waals surface area contributed by atoms with E-state index >= 15 is 0 Å². The molecule has 2 nitrogen and oxygen atoms in total. The van der Waals surface area contributed by atoms with E-state index in [-0.39, 0.29) is 11.5 Å². The number of nitrogens with two attached hydrogens (primary N) is 1. The van der Waals surface area contributed by atoms with Crippen molar-refractivity contribution in [2.24, 2.45) is 11.1 Å². The van der Waals surface area contributed by atoms with Crippen LogP contribution >= 0.6 is 11.8 Å². The molecular formula is C18H30N2S. The third-order valence-electron chi connectivity index (χ3n) is 4.56. The molecule has 0 radical (unpaired) electrons. The van der Waals surface area contributed by atoms with Gasteiger partial charge < -0.3 is 10.6 Å². The minimum atomic E-state index is 0.0838. The van der Waals surface area contributed by atoms with Crippen molar-refractivity contribution in [3.05, 3.63) is 35.9 Å². The van der Waals surface area contributed by atoms with E-state index < -0.39 is 0 Å². The van der Waals surface area contributed by atoms with Gasteiger partial charge in [0.15, 0.2) is 0 Å². The lowest BCUT2D eigenvalue weighted by atomic mass is 9.80. The van der Waals surface area contributed by atoms with Gasteiger partial charge in [-0.3, -0.25) is 0 Å². The van der Waals surface area contributed by atoms with Crippen molar-refractivity contribution in [3.63, 3.8) is 0 Å². The highest BCUT2D eigenvalue weighted by molar-refractivity contribution is 8.00. The molecule has 1 saturated heterocycles. The average molecular weight is 307 g/mol. The number of hydrogen-bond acceptors (Lipinski definition) is 3. The Morgan fingerprint density at radius 2 is 1.90 bits per heavy atom. The van der Waals surface area contributed by atoms with Gasteiger partial charge in [0.05, 0.1) is 0 Å². The highest BCUT2D eigenvalue weighted by atomic mass is 32.2. The smallest absolute Gasteiger partial charge is 0.0359 e. The summed E-state index contributed by atoms with van der Waals surface area (Å²) in [6.45, 7) is 12.8. The Morgan fingerprint density at radius 3 is 2.57 bits per heavy atom. The summed E-state index contributed by atoms with van der Waals surface area (Å²) in [7, 11) is 0. The van der Waals surface area contributed by atoms with Crippen molar-refractivity contribution < 1.29 is 0 Å². The Kier molecular flexibility index (Phi) is 5.39. The summed E-state index contributed by atoms with van der Waals surface area (Å²) in [6.07, 6.45) is 1.26. The summed E-state index contributed by atoms with van der Waals surface area (Å²) in [5, 5.41) is 0. The number of benzene rings is 1. The monoisotopic (exact) mass is 306 g/mol. The molecule has 3 heteroatoms. The second-order valence-corrected chi connectivity index (χ2v) is 9.31. The average Bonchev–Trinajstić information content (AvgIpc) is 2.60. The van der Waals surface area contributed by atoms with Crippen LogP contribution in [0, 0.1) is 5.41 Å². The van der Waals surface area contributed by atoms with E-state index in [1.165, 1.54) is 30.8 Å². The van der Waals surface area contributed by atoms with Crippen molar-refractivity contribution >= 4 is 11.8 Å². The molecule has 1 aliphatic heterocycles. The first-order valence-corrected chi connectivity index (χ1v) is 8.96. The van der Waals surface area contributed by atoms with Gasteiger partial charge in [-0.15, -0.1) is 0 Å². The van der Waals surface area contributed by atoms with Crippen molar-refractivity contribution in [3.8, 4) is 0 Å². The zero-order valence-corrected chi connectivity index (χ0v) is 14.7. The van der Waals surface area contributed by atoms with Gasteiger partial charge in [0.25, 0.3) is 0 Å². The summed E-state index contributed by atoms with van der Waals surface area (Å²) in [5.41, 5.74) is 7.88. The molecule has 1 unspecified atom stereocenters. The second-order valence-electron chi connectivity index (χ2n) is 7.51. The molecule has 0 amide bonds. The van der Waals surface area contributed by atoms with Crippen LogP contribution in [0.5, 0.6) is 0 Å². The zero-order valence-electron chi connectivity index (χ0n) is 13.9. The van der Waals surface area contributed by atoms with Gasteiger partial charge in [0.2, 0.25) is 0 Å². The first-order valence-electron chi connectivity index (χ1n) is 7.97. The van der Waals surface area contributed by atoms with Gasteiger partial charge in [0, 0.05) is 29.6 Å². The SMILES string of the molecule is CC1(C)CCN(CC(C)(C)C(N)c2ccccc2)CCS1. The van der Waals surface area contributed by atoms with Crippen LogP contribution in [0.25, 0.3) is 0 Å². The van der Waals surface area contributed by atoms with Crippen LogP contribution in [0.4, 0.5) is 0 Å². The van der Waals surface area contributed by atoms with Crippen LogP contribution in [0.3, 0.4) is 0 Å². The number of rotatable bonds is 4. The molecule has 1 aromatic rings. The molecule has 0 saturated carbocycles. The van der Waals surface area contributed by atoms with E-state index in [1.807, 2.05) is 0 Å². The van der Waals surface area contributed by atoms with E-state index in [9.17, 15) is 0 Å². The predicted molar refractivity (Wildman–Crippen MR) is 94.7 cm³/mol. The lowest BCUT2D eigenvalue weighted by molar-refractivity contribution is 0.157. The topological polar surface area (TPSA) is 29.3 Å². The number of thioether (sulfide) groups is 1. The van der Waals surface area contributed by atoms with E-state index in [4.69, 9.17) is 5.73 Å². The van der Waals surface area contributed by atoms with Gasteiger partial charge in [-0.05, 0) is 23.9 Å². The normalized spacial score (nSPS) is 21.8. The minimum absolute atomic E-state index is 0.0838. The third kappa shape index (κ3) is 4.73. The zero-order chi connectivity index (χ0) is 15.5. The number of nitrogens with zero attached hydrogens (tertiary/aromatic N) is 1. The summed E-state index contributed by atoms with van der Waals surface area (Å²) in [4.78, 5) is 2.60. The third-order valence-corrected chi connectivity index (χ3v) is 5.93. The minimum Gasteiger partial charge on any atom is -0.323 e. The maximum Gasteiger partial charge on any atom is 0.0359 e. The van der Waals surface area contributed by atoms with Crippen LogP contribution in [0.1, 0.15) is 45.7 Å². The largest absolute Gasteiger partial charge is 0.323 e. The highest BCUT2D eigenvalue weighted by Crippen LogP contribution is 2.35. The standard InChI is InChI=1S/C18H30N2S/c1-17(2,16(19)15-8-6-5-7-9-15)14-20-11-10-18(3,4)21-13-12-20/h5-9,16H,10-14,19H2,1-4H3. The molecule has 21 heavy (non-hydrogen) atoms. The second kappa shape index (κ2) is 6.72. The number of hydrogen-bond donors (Lipinski definition) is 1. The van der Waals surface area contributed by atoms with Gasteiger partial charge in [0.1, 0.15) is 0 Å². The molecule has 2 N–H and O–H groups in total. The van der Waals surface area contributed by atoms with Crippen molar-refractivity contribution in [1.29, 1.82) is 0 Å². The fourth-order valence-electron chi connectivity index (χ4n) is 3.01. The van der Waals surface area contributed by atoms with E-state index in [0.717, 1.165) is 6.54 Å². The van der Waals surface area contributed by atoms with E-state index in [1.54, 1.807) is 0 Å². The molecule has 1 atom stereocenters. The summed E-state index contributed by atoms with van der Waals surface area (Å²) in [5.74, 6) is 1.23. The van der Waals surface area contributed by atoms with E-state index in [2.05, 4.69) is 74.7 Å². The maximum absolute atomic E-state index is 6.55. The lowest BCUT2D eigenvalue weighted by Gasteiger charge is -2.37. The quantitative estimate of drug-likeness (QED) is 0.914. The van der Waals surface area contributed by atoms with Crippen LogP contribution in [0.15, 0.2) is 30.3 Å². The van der Waals surface area contributed by atoms with Gasteiger partial charge >= 0.3 is 0 Å². The van der Waals surface area contributed by atoms with Gasteiger partial charge in [-0.25, -0.2) is 0 Å². The van der Waals surface area contributed by atoms with Gasteiger partial charge in [-0.2, -0.15) is 11.8 Å². The predicted octanol–water partition coefficient (Wildman–Crippen LogP) is 3.93. The summed E-state index contributed by atoms with van der Waals surface area (Å²) < 4.78 is 0.417. The summed E-state index contributed by atoms with van der Waals surface area (Å²) in [6, 6.07) is 10.6. The Bertz CT molecular complexity index is 442. The lowest BCUT2D eigenvalue weighted by Crippen LogP contribution is -2.42. The van der Waals surface area contributed by atoms with Crippen LogP contribution < -0.4 is 5.73 Å². The summed E-state index contributed by atoms with van der Waals surface area (Å²) >= 11 is 2.10. The molecule has 1 heterocycles. The maximum atomic E-state index is 6.55. The van der Waals surface area contributed by atoms with Crippen molar-refractivity contribution in [2.45, 2.75) is 44.9 Å². The molecular weight excluding hydrogens is 276 g/mol. The Hall–Kier alpha value is -0.510. The molecule has 0 aliphatic carbocycles. The van der Waals surface area contributed by atoms with Crippen molar-refractivity contribution in [1.82, 2.24) is 4.90 Å². The van der Waals surface area contributed by atoms with Crippen LogP contribution in [-0.2, 0) is 0 Å². The van der Waals surface area contributed by atoms with Crippen molar-refractivity contribution in [2.75, 3.05) is 25.4 Å². The first-order chi connectivity index (χ1) is 9.80. The molecule has 1 aliphatic rings. The van der Waals surface area contributed by atoms with Crippen LogP contribution in [0.2, 0.25) is 0 Å². The Balaban J connectivity index is 2.00. The molecule has 2 rings (SSSR count). The molecule has 1 aromatic carbocycles. The van der Waals surface area contributed by atoms with Crippen LogP contribution in [-0.4, -0.2) is 35.0 Å². The van der Waals surface area contributed by atoms with Gasteiger partial charge in [-0.1, -0.05) is 58.0 Å². The molecule has 1 fully saturated rings.